The number of nitrogens with zero attached hydrogens (tertiary/aromatic N) is 1. The molecule has 74 heavy (non-hydrogen) atoms. The SMILES string of the molecule is CC/C=C\C/C=C\C/C=C\C/C=C\C/C=C\CCCCCCCCCC(=O)NC(COP(=O)([O-])OCC[N+](C)(C)C)C(/C=C\CCCCCCCCCCCC)OC(=O)CCCCCCC\C=C/C=C/C=C/CC. The van der Waals surface area contributed by atoms with Crippen LogP contribution in [-0.4, -0.2) is 69.4 Å². The number of hydrogen-bond donors (Lipinski definition) is 1. The van der Waals surface area contributed by atoms with E-state index in [0.29, 0.717) is 23.9 Å². The molecule has 0 fully saturated rings. The van der Waals surface area contributed by atoms with Crippen LogP contribution < -0.4 is 10.2 Å². The highest BCUT2D eigenvalue weighted by Gasteiger charge is 2.27. The number of phosphoric ester groups is 1. The van der Waals surface area contributed by atoms with Crippen LogP contribution in [0, 0.1) is 0 Å². The zero-order valence-electron chi connectivity index (χ0n) is 48.3. The highest BCUT2D eigenvalue weighted by molar-refractivity contribution is 7.45. The number of phosphoric acid groups is 1. The number of carbonyl (C=O) groups is 2. The lowest BCUT2D eigenvalue weighted by Gasteiger charge is -2.30. The molecule has 3 atom stereocenters. The molecule has 0 saturated heterocycles. The molecule has 0 aromatic heterocycles. The first kappa shape index (κ1) is 70.7. The molecule has 0 aliphatic rings. The Morgan fingerprint density at radius 3 is 1.45 bits per heavy atom. The minimum atomic E-state index is -4.71. The van der Waals surface area contributed by atoms with Gasteiger partial charge in [-0.25, -0.2) is 0 Å². The Morgan fingerprint density at radius 1 is 0.500 bits per heavy atom. The number of ether oxygens (including phenoxy) is 1. The van der Waals surface area contributed by atoms with Crippen LogP contribution >= 0.6 is 7.82 Å². The van der Waals surface area contributed by atoms with Crippen molar-refractivity contribution in [2.45, 2.75) is 245 Å². The van der Waals surface area contributed by atoms with Gasteiger partial charge in [0, 0.05) is 12.8 Å². The molecule has 0 aromatic rings. The molecule has 0 radical (unpaired) electrons. The quantitative estimate of drug-likeness (QED) is 0.0161. The predicted octanol–water partition coefficient (Wildman–Crippen LogP) is 17.5. The van der Waals surface area contributed by atoms with Gasteiger partial charge in [-0.3, -0.25) is 14.2 Å². The molecular weight excluding hydrogens is 940 g/mol. The fourth-order valence-electron chi connectivity index (χ4n) is 7.96. The number of allylic oxidation sites excluding steroid dienone is 17. The maximum absolute atomic E-state index is 13.5. The molecule has 9 nitrogen and oxygen atoms in total. The molecule has 0 aliphatic heterocycles. The number of carbonyl (C=O) groups excluding carboxylic acids is 2. The van der Waals surface area contributed by atoms with Crippen LogP contribution in [0.3, 0.4) is 0 Å². The molecule has 0 aromatic carbocycles. The Hall–Kier alpha value is -3.33. The van der Waals surface area contributed by atoms with Gasteiger partial charge in [-0.2, -0.15) is 0 Å². The van der Waals surface area contributed by atoms with Crippen molar-refractivity contribution in [1.29, 1.82) is 0 Å². The molecule has 10 heteroatoms. The molecule has 1 N–H and O–H groups in total. The minimum absolute atomic E-state index is 0.0340. The van der Waals surface area contributed by atoms with Gasteiger partial charge in [0.15, 0.2) is 0 Å². The zero-order chi connectivity index (χ0) is 54.3. The highest BCUT2D eigenvalue weighted by Crippen LogP contribution is 2.38. The van der Waals surface area contributed by atoms with Crippen LogP contribution in [0.4, 0.5) is 0 Å². The lowest BCUT2D eigenvalue weighted by atomic mass is 10.0. The van der Waals surface area contributed by atoms with Gasteiger partial charge in [-0.05, 0) is 96.0 Å². The number of likely N-dealkylation sites (N-methyl/N-ethyl adjacent to an activating group) is 1. The van der Waals surface area contributed by atoms with Gasteiger partial charge >= 0.3 is 5.97 Å². The summed E-state index contributed by atoms with van der Waals surface area (Å²) < 4.78 is 30.2. The van der Waals surface area contributed by atoms with E-state index in [1.807, 2.05) is 39.4 Å². The van der Waals surface area contributed by atoms with Crippen molar-refractivity contribution < 1.29 is 37.3 Å². The van der Waals surface area contributed by atoms with Gasteiger partial charge < -0.3 is 28.5 Å². The van der Waals surface area contributed by atoms with Crippen LogP contribution in [0.1, 0.15) is 233 Å². The van der Waals surface area contributed by atoms with Crippen LogP contribution in [0.15, 0.2) is 109 Å². The van der Waals surface area contributed by atoms with E-state index in [1.54, 1.807) is 0 Å². The maximum atomic E-state index is 13.5. The average Bonchev–Trinajstić information content (AvgIpc) is 3.36. The summed E-state index contributed by atoms with van der Waals surface area (Å²) in [7, 11) is 1.15. The van der Waals surface area contributed by atoms with Gasteiger partial charge in [0.25, 0.3) is 7.82 Å². The number of quaternary nitrogens is 1. The standard InChI is InChI=1S/C64H111N2O7P/c1-7-10-13-16-19-22-25-28-29-30-31-32-33-34-35-36-37-39-41-44-47-50-53-56-63(67)65-61(60-72-74(69,70)71-59-58-66(4,5)6)62(55-52-49-46-43-40-27-24-21-18-15-12-9-3)73-64(68)57-54-51-48-45-42-38-26-23-20-17-14-11-8-2/h10-11,13-14,17,19-20,22-23,26,28-29,31-32,34-35,52,55,61-62H,7-9,12,15-16,18,21,24-25,27,30,33,36-51,53-54,56-60H2,1-6H3,(H-,65,67,69,70)/b13-10-,14-11+,20-17+,22-19-,26-23-,29-28-,32-31-,35-34-,55-52-. The summed E-state index contributed by atoms with van der Waals surface area (Å²) in [6, 6.07) is -0.909. The largest absolute Gasteiger partial charge is 0.756 e. The van der Waals surface area contributed by atoms with Gasteiger partial charge in [0.2, 0.25) is 5.91 Å². The summed E-state index contributed by atoms with van der Waals surface area (Å²) in [6.45, 7) is 6.55. The van der Waals surface area contributed by atoms with Crippen molar-refractivity contribution in [3.63, 3.8) is 0 Å². The number of rotatable bonds is 52. The van der Waals surface area contributed by atoms with Crippen molar-refractivity contribution in [2.24, 2.45) is 0 Å². The highest BCUT2D eigenvalue weighted by atomic mass is 31.2. The Balaban J connectivity index is 5.27. The van der Waals surface area contributed by atoms with E-state index in [-0.39, 0.29) is 24.9 Å². The summed E-state index contributed by atoms with van der Waals surface area (Å²) in [5, 5.41) is 3.01. The summed E-state index contributed by atoms with van der Waals surface area (Å²) in [5.74, 6) is -0.585. The molecule has 0 spiro atoms. The van der Waals surface area contributed by atoms with Crippen LogP contribution in [0.25, 0.3) is 0 Å². The lowest BCUT2D eigenvalue weighted by Crippen LogP contribution is -2.47. The molecule has 0 heterocycles. The van der Waals surface area contributed by atoms with Gasteiger partial charge in [-0.1, -0.05) is 233 Å². The van der Waals surface area contributed by atoms with Crippen LogP contribution in [0.5, 0.6) is 0 Å². The Bertz CT molecular complexity index is 1640. The molecular formula is C64H111N2O7P. The minimum Gasteiger partial charge on any atom is -0.756 e. The van der Waals surface area contributed by atoms with E-state index >= 15 is 0 Å². The second-order valence-corrected chi connectivity index (χ2v) is 22.2. The van der Waals surface area contributed by atoms with Gasteiger partial charge in [-0.15, -0.1) is 0 Å². The van der Waals surface area contributed by atoms with E-state index in [9.17, 15) is 19.0 Å². The Morgan fingerprint density at radius 2 is 0.932 bits per heavy atom. The Kier molecular flexibility index (Phi) is 50.7. The Labute approximate surface area is 455 Å². The molecule has 424 valence electrons. The van der Waals surface area contributed by atoms with E-state index in [1.165, 1.54) is 70.6 Å². The summed E-state index contributed by atoms with van der Waals surface area (Å²) in [5.41, 5.74) is 0. The molecule has 0 rings (SSSR count). The van der Waals surface area contributed by atoms with E-state index in [2.05, 4.69) is 117 Å². The smallest absolute Gasteiger partial charge is 0.306 e. The normalized spacial score (nSPS) is 14.5. The zero-order valence-corrected chi connectivity index (χ0v) is 49.1. The first-order chi connectivity index (χ1) is 35.9. The van der Waals surface area contributed by atoms with Gasteiger partial charge in [0.1, 0.15) is 19.3 Å². The number of hydrogen-bond acceptors (Lipinski definition) is 7. The fourth-order valence-corrected chi connectivity index (χ4v) is 8.68. The molecule has 0 bridgehead atoms. The van der Waals surface area contributed by atoms with Crippen molar-refractivity contribution in [3.05, 3.63) is 109 Å². The molecule has 0 aliphatic carbocycles. The first-order valence-corrected chi connectivity index (χ1v) is 31.2. The monoisotopic (exact) mass is 1050 g/mol. The van der Waals surface area contributed by atoms with Crippen molar-refractivity contribution >= 4 is 19.7 Å². The first-order valence-electron chi connectivity index (χ1n) is 29.7. The van der Waals surface area contributed by atoms with E-state index < -0.39 is 26.6 Å². The summed E-state index contributed by atoms with van der Waals surface area (Å²) >= 11 is 0. The van der Waals surface area contributed by atoms with E-state index in [4.69, 9.17) is 13.8 Å². The van der Waals surface area contributed by atoms with Crippen molar-refractivity contribution in [2.75, 3.05) is 40.9 Å². The average molecular weight is 1050 g/mol. The molecule has 1 amide bonds. The number of unbranched alkanes of at least 4 members (excludes halogenated alkanes) is 22. The van der Waals surface area contributed by atoms with E-state index in [0.717, 1.165) is 122 Å². The van der Waals surface area contributed by atoms with Crippen molar-refractivity contribution in [3.8, 4) is 0 Å². The number of nitrogens with one attached hydrogen (secondary N) is 1. The third-order valence-corrected chi connectivity index (χ3v) is 13.5. The summed E-state index contributed by atoms with van der Waals surface area (Å²) in [4.78, 5) is 39.9. The van der Waals surface area contributed by atoms with Crippen LogP contribution in [0.2, 0.25) is 0 Å². The second kappa shape index (κ2) is 53.1. The van der Waals surface area contributed by atoms with Crippen LogP contribution in [-0.2, 0) is 27.9 Å². The number of esters is 1. The third-order valence-electron chi connectivity index (χ3n) is 12.5. The molecule has 0 saturated carbocycles. The fraction of sp³-hybridized carbons (Fsp3) is 0.688. The predicted molar refractivity (Wildman–Crippen MR) is 316 cm³/mol. The van der Waals surface area contributed by atoms with Crippen molar-refractivity contribution in [1.82, 2.24) is 5.32 Å². The second-order valence-electron chi connectivity index (χ2n) is 20.8. The lowest BCUT2D eigenvalue weighted by molar-refractivity contribution is -0.870. The maximum Gasteiger partial charge on any atom is 0.306 e. The topological polar surface area (TPSA) is 114 Å². The third kappa shape index (κ3) is 53.5. The molecule has 3 unspecified atom stereocenters. The number of amides is 1. The van der Waals surface area contributed by atoms with Gasteiger partial charge in [0.05, 0.1) is 33.8 Å². The summed E-state index contributed by atoms with van der Waals surface area (Å²) in [6.07, 6.45) is 72.0.